The Labute approximate surface area is 103 Å². The summed E-state index contributed by atoms with van der Waals surface area (Å²) in [7, 11) is 1.64. The van der Waals surface area contributed by atoms with Gasteiger partial charge in [0.15, 0.2) is 0 Å². The molecule has 0 bridgehead atoms. The molecular formula is C11H11ClN2OS. The maximum absolute atomic E-state index is 5.93. The highest BCUT2D eigenvalue weighted by atomic mass is 35.5. The van der Waals surface area contributed by atoms with Gasteiger partial charge in [-0.05, 0) is 18.2 Å². The molecule has 2 rings (SSSR count). The van der Waals surface area contributed by atoms with Gasteiger partial charge in [0.1, 0.15) is 5.75 Å². The zero-order chi connectivity index (χ0) is 11.4. The van der Waals surface area contributed by atoms with Crippen molar-refractivity contribution in [3.05, 3.63) is 39.8 Å². The van der Waals surface area contributed by atoms with Crippen molar-refractivity contribution in [2.24, 2.45) is 0 Å². The van der Waals surface area contributed by atoms with E-state index in [2.05, 4.69) is 10.3 Å². The van der Waals surface area contributed by atoms with Gasteiger partial charge >= 0.3 is 0 Å². The van der Waals surface area contributed by atoms with E-state index >= 15 is 0 Å². The Hall–Kier alpha value is -1.26. The zero-order valence-corrected chi connectivity index (χ0v) is 10.3. The molecule has 0 aliphatic heterocycles. The normalized spacial score (nSPS) is 10.1. The van der Waals surface area contributed by atoms with E-state index in [-0.39, 0.29) is 0 Å². The van der Waals surface area contributed by atoms with Gasteiger partial charge in [0.05, 0.1) is 30.5 Å². The summed E-state index contributed by atoms with van der Waals surface area (Å²) in [6.07, 6.45) is 0. The molecule has 0 saturated heterocycles. The van der Waals surface area contributed by atoms with Gasteiger partial charge in [-0.25, -0.2) is 4.98 Å². The molecule has 0 atom stereocenters. The number of rotatable bonds is 4. The number of benzene rings is 1. The molecule has 0 spiro atoms. The third kappa shape index (κ3) is 2.65. The molecular weight excluding hydrogens is 244 g/mol. The van der Waals surface area contributed by atoms with Gasteiger partial charge in [-0.15, -0.1) is 11.3 Å². The molecule has 1 aromatic carbocycles. The van der Waals surface area contributed by atoms with Crippen LogP contribution in [0.25, 0.3) is 0 Å². The summed E-state index contributed by atoms with van der Waals surface area (Å²) in [5, 5.41) is 5.93. The Morgan fingerprint density at radius 2 is 2.38 bits per heavy atom. The van der Waals surface area contributed by atoms with Crippen LogP contribution in [-0.4, -0.2) is 12.1 Å². The number of aromatic nitrogens is 1. The highest BCUT2D eigenvalue weighted by molar-refractivity contribution is 7.07. The number of anilines is 1. The summed E-state index contributed by atoms with van der Waals surface area (Å²) in [5.74, 6) is 0.777. The summed E-state index contributed by atoms with van der Waals surface area (Å²) in [6.45, 7) is 0.667. The fourth-order valence-electron chi connectivity index (χ4n) is 1.33. The van der Waals surface area contributed by atoms with Crippen LogP contribution < -0.4 is 10.1 Å². The van der Waals surface area contributed by atoms with Crippen LogP contribution in [-0.2, 0) is 6.54 Å². The molecule has 0 amide bonds. The Kier molecular flexibility index (Phi) is 3.64. The lowest BCUT2D eigenvalue weighted by Gasteiger charge is -2.10. The van der Waals surface area contributed by atoms with Crippen molar-refractivity contribution < 1.29 is 4.74 Å². The second-order valence-corrected chi connectivity index (χ2v) is 4.33. The van der Waals surface area contributed by atoms with Crippen molar-refractivity contribution in [1.29, 1.82) is 0 Å². The van der Waals surface area contributed by atoms with Crippen LogP contribution in [0.3, 0.4) is 0 Å². The molecule has 1 heterocycles. The largest absolute Gasteiger partial charge is 0.495 e. The van der Waals surface area contributed by atoms with Crippen LogP contribution in [0.4, 0.5) is 5.69 Å². The van der Waals surface area contributed by atoms with Crippen molar-refractivity contribution in [2.75, 3.05) is 12.4 Å². The molecule has 5 heteroatoms. The highest BCUT2D eigenvalue weighted by Gasteiger charge is 2.03. The van der Waals surface area contributed by atoms with Crippen molar-refractivity contribution in [2.45, 2.75) is 6.54 Å². The van der Waals surface area contributed by atoms with Crippen molar-refractivity contribution in [3.8, 4) is 5.75 Å². The number of hydrogen-bond acceptors (Lipinski definition) is 4. The fraction of sp³-hybridized carbons (Fsp3) is 0.182. The number of nitrogens with zero attached hydrogens (tertiary/aromatic N) is 1. The fourth-order valence-corrected chi connectivity index (χ4v) is 2.06. The van der Waals surface area contributed by atoms with E-state index in [1.54, 1.807) is 24.5 Å². The summed E-state index contributed by atoms with van der Waals surface area (Å²) in [4.78, 5) is 4.19. The van der Waals surface area contributed by atoms with Gasteiger partial charge in [0, 0.05) is 10.4 Å². The van der Waals surface area contributed by atoms with Crippen LogP contribution >= 0.6 is 22.9 Å². The average Bonchev–Trinajstić information content (AvgIpc) is 2.79. The standard InChI is InChI=1S/C11H11ClN2OS/c1-15-11-3-2-8(12)4-10(11)13-5-9-6-16-7-14-9/h2-4,6-7,13H,5H2,1H3. The van der Waals surface area contributed by atoms with E-state index in [9.17, 15) is 0 Å². The van der Waals surface area contributed by atoms with E-state index in [4.69, 9.17) is 16.3 Å². The van der Waals surface area contributed by atoms with Crippen LogP contribution in [0.1, 0.15) is 5.69 Å². The van der Waals surface area contributed by atoms with Gasteiger partial charge in [-0.2, -0.15) is 0 Å². The molecule has 1 N–H and O–H groups in total. The van der Waals surface area contributed by atoms with Gasteiger partial charge < -0.3 is 10.1 Å². The number of nitrogens with one attached hydrogen (secondary N) is 1. The molecule has 1 aromatic heterocycles. The van der Waals surface area contributed by atoms with Crippen LogP contribution in [0.15, 0.2) is 29.1 Å². The molecule has 0 aliphatic rings. The molecule has 84 valence electrons. The lowest BCUT2D eigenvalue weighted by molar-refractivity contribution is 0.416. The average molecular weight is 255 g/mol. The van der Waals surface area contributed by atoms with Crippen LogP contribution in [0.5, 0.6) is 5.75 Å². The van der Waals surface area contributed by atoms with Crippen LogP contribution in [0, 0.1) is 0 Å². The number of ether oxygens (including phenoxy) is 1. The first-order valence-electron chi connectivity index (χ1n) is 4.74. The minimum absolute atomic E-state index is 0.667. The predicted molar refractivity (Wildman–Crippen MR) is 67.4 cm³/mol. The second-order valence-electron chi connectivity index (χ2n) is 3.18. The lowest BCUT2D eigenvalue weighted by atomic mass is 10.3. The third-order valence-electron chi connectivity index (χ3n) is 2.10. The smallest absolute Gasteiger partial charge is 0.142 e. The summed E-state index contributed by atoms with van der Waals surface area (Å²) < 4.78 is 5.23. The Morgan fingerprint density at radius 3 is 3.06 bits per heavy atom. The molecule has 2 aromatic rings. The minimum atomic E-state index is 0.667. The SMILES string of the molecule is COc1ccc(Cl)cc1NCc1cscn1. The monoisotopic (exact) mass is 254 g/mol. The van der Waals surface area contributed by atoms with Gasteiger partial charge in [-0.3, -0.25) is 0 Å². The van der Waals surface area contributed by atoms with E-state index in [1.807, 2.05) is 23.0 Å². The maximum Gasteiger partial charge on any atom is 0.142 e. The highest BCUT2D eigenvalue weighted by Crippen LogP contribution is 2.27. The molecule has 3 nitrogen and oxygen atoms in total. The quantitative estimate of drug-likeness (QED) is 0.908. The molecule has 0 unspecified atom stereocenters. The first kappa shape index (κ1) is 11.2. The molecule has 0 saturated carbocycles. The summed E-state index contributed by atoms with van der Waals surface area (Å²) in [5.41, 5.74) is 3.70. The Balaban J connectivity index is 2.11. The first-order valence-corrected chi connectivity index (χ1v) is 6.06. The Morgan fingerprint density at radius 1 is 1.50 bits per heavy atom. The molecule has 0 aliphatic carbocycles. The van der Waals surface area contributed by atoms with Gasteiger partial charge in [-0.1, -0.05) is 11.6 Å². The molecule has 0 radical (unpaired) electrons. The number of methoxy groups -OCH3 is 1. The second kappa shape index (κ2) is 5.18. The lowest BCUT2D eigenvalue weighted by Crippen LogP contribution is -2.01. The van der Waals surface area contributed by atoms with Gasteiger partial charge in [0.25, 0.3) is 0 Å². The topological polar surface area (TPSA) is 34.1 Å². The summed E-state index contributed by atoms with van der Waals surface area (Å²) in [6, 6.07) is 5.48. The van der Waals surface area contributed by atoms with Crippen molar-refractivity contribution in [1.82, 2.24) is 4.98 Å². The minimum Gasteiger partial charge on any atom is -0.495 e. The Bertz CT molecular complexity index is 459. The third-order valence-corrected chi connectivity index (χ3v) is 2.98. The van der Waals surface area contributed by atoms with E-state index < -0.39 is 0 Å². The predicted octanol–water partition coefficient (Wildman–Crippen LogP) is 3.42. The maximum atomic E-state index is 5.93. The number of thiazole rings is 1. The van der Waals surface area contributed by atoms with Gasteiger partial charge in [0.2, 0.25) is 0 Å². The van der Waals surface area contributed by atoms with Crippen LogP contribution in [0.2, 0.25) is 5.02 Å². The van der Waals surface area contributed by atoms with E-state index in [0.29, 0.717) is 11.6 Å². The number of halogens is 1. The van der Waals surface area contributed by atoms with E-state index in [1.165, 1.54) is 0 Å². The van der Waals surface area contributed by atoms with E-state index in [0.717, 1.165) is 17.1 Å². The van der Waals surface area contributed by atoms with Crippen molar-refractivity contribution >= 4 is 28.6 Å². The first-order chi connectivity index (χ1) is 7.79. The van der Waals surface area contributed by atoms with Crippen molar-refractivity contribution in [3.63, 3.8) is 0 Å². The number of hydrogen-bond donors (Lipinski definition) is 1. The molecule has 0 fully saturated rings. The summed E-state index contributed by atoms with van der Waals surface area (Å²) >= 11 is 7.50. The zero-order valence-electron chi connectivity index (χ0n) is 8.74. The molecule has 16 heavy (non-hydrogen) atoms.